The van der Waals surface area contributed by atoms with Gasteiger partial charge in [0.25, 0.3) is 0 Å². The number of hydrogen-bond acceptors (Lipinski definition) is 3. The van der Waals surface area contributed by atoms with Crippen LogP contribution in [-0.4, -0.2) is 12.5 Å². The molecule has 0 radical (unpaired) electrons. The molecule has 0 saturated heterocycles. The number of benzene rings is 1. The lowest BCUT2D eigenvalue weighted by molar-refractivity contribution is -0.132. The summed E-state index contributed by atoms with van der Waals surface area (Å²) in [6, 6.07) is 5.03. The van der Waals surface area contributed by atoms with Crippen LogP contribution in [-0.2, 0) is 4.79 Å². The highest BCUT2D eigenvalue weighted by atomic mass is 35.5. The van der Waals surface area contributed by atoms with Crippen molar-refractivity contribution >= 4 is 17.6 Å². The normalized spacial score (nSPS) is 9.77. The highest BCUT2D eigenvalue weighted by molar-refractivity contribution is 6.30. The van der Waals surface area contributed by atoms with Crippen LogP contribution in [0.2, 0.25) is 5.02 Å². The van der Waals surface area contributed by atoms with Gasteiger partial charge in [-0.3, -0.25) is 4.79 Å². The Labute approximate surface area is 81.4 Å². The molecule has 4 heteroatoms. The maximum Gasteiger partial charge on any atom is 0.325 e. The molecular formula is C9H10ClNO2. The molecule has 0 unspecified atom stereocenters. The highest BCUT2D eigenvalue weighted by Crippen LogP contribution is 2.21. The summed E-state index contributed by atoms with van der Waals surface area (Å²) in [6.07, 6.45) is 0. The summed E-state index contributed by atoms with van der Waals surface area (Å²) in [5.41, 5.74) is 5.91. The summed E-state index contributed by atoms with van der Waals surface area (Å²) in [6.45, 7) is 1.69. The largest absolute Gasteiger partial charge is 0.425 e. The van der Waals surface area contributed by atoms with Crippen LogP contribution in [0.15, 0.2) is 18.2 Å². The van der Waals surface area contributed by atoms with Crippen LogP contribution in [0.4, 0.5) is 0 Å². The van der Waals surface area contributed by atoms with Crippen molar-refractivity contribution in [3.63, 3.8) is 0 Å². The van der Waals surface area contributed by atoms with Gasteiger partial charge in [0.15, 0.2) is 0 Å². The molecular weight excluding hydrogens is 190 g/mol. The predicted molar refractivity (Wildman–Crippen MR) is 50.9 cm³/mol. The van der Waals surface area contributed by atoms with Gasteiger partial charge >= 0.3 is 5.97 Å². The van der Waals surface area contributed by atoms with Crippen LogP contribution >= 0.6 is 11.6 Å². The van der Waals surface area contributed by atoms with Crippen molar-refractivity contribution in [2.45, 2.75) is 6.92 Å². The Morgan fingerprint density at radius 3 is 2.85 bits per heavy atom. The van der Waals surface area contributed by atoms with Gasteiger partial charge < -0.3 is 10.5 Å². The second kappa shape index (κ2) is 4.25. The third-order valence-electron chi connectivity index (χ3n) is 1.53. The summed E-state index contributed by atoms with van der Waals surface area (Å²) >= 11 is 5.72. The molecule has 0 aliphatic rings. The van der Waals surface area contributed by atoms with E-state index in [-0.39, 0.29) is 6.54 Å². The molecule has 0 aliphatic carbocycles. The lowest BCUT2D eigenvalue weighted by Gasteiger charge is -2.05. The van der Waals surface area contributed by atoms with E-state index in [2.05, 4.69) is 0 Å². The van der Waals surface area contributed by atoms with Crippen LogP contribution in [0.5, 0.6) is 5.75 Å². The topological polar surface area (TPSA) is 52.3 Å². The standard InChI is InChI=1S/C9H10ClNO2/c1-6-4-7(10)2-3-8(6)13-9(12)5-11/h2-4H,5,11H2,1H3. The molecule has 0 fully saturated rings. The number of aryl methyl sites for hydroxylation is 1. The minimum absolute atomic E-state index is 0.123. The molecule has 0 heterocycles. The van der Waals surface area contributed by atoms with Crippen LogP contribution in [0, 0.1) is 6.92 Å². The monoisotopic (exact) mass is 199 g/mol. The Bertz CT molecular complexity index is 325. The second-order valence-electron chi connectivity index (χ2n) is 2.59. The number of hydrogen-bond donors (Lipinski definition) is 1. The van der Waals surface area contributed by atoms with Gasteiger partial charge in [-0.25, -0.2) is 0 Å². The zero-order chi connectivity index (χ0) is 9.84. The summed E-state index contributed by atoms with van der Waals surface area (Å²) in [4.78, 5) is 10.8. The number of carbonyl (C=O) groups excluding carboxylic acids is 1. The van der Waals surface area contributed by atoms with E-state index >= 15 is 0 Å². The van der Waals surface area contributed by atoms with E-state index < -0.39 is 5.97 Å². The van der Waals surface area contributed by atoms with Crippen LogP contribution in [0.1, 0.15) is 5.56 Å². The molecule has 1 aromatic carbocycles. The molecule has 2 N–H and O–H groups in total. The summed E-state index contributed by atoms with van der Waals surface area (Å²) in [7, 11) is 0. The molecule has 1 aromatic rings. The van der Waals surface area contributed by atoms with Crippen LogP contribution < -0.4 is 10.5 Å². The second-order valence-corrected chi connectivity index (χ2v) is 3.02. The van der Waals surface area contributed by atoms with Crippen molar-refractivity contribution in [2.75, 3.05) is 6.54 Å². The van der Waals surface area contributed by atoms with Crippen LogP contribution in [0.3, 0.4) is 0 Å². The van der Waals surface area contributed by atoms with Crippen molar-refractivity contribution in [2.24, 2.45) is 5.73 Å². The van der Waals surface area contributed by atoms with Gasteiger partial charge in [-0.05, 0) is 30.7 Å². The van der Waals surface area contributed by atoms with E-state index in [0.717, 1.165) is 5.56 Å². The van der Waals surface area contributed by atoms with Crippen molar-refractivity contribution < 1.29 is 9.53 Å². The number of rotatable bonds is 2. The van der Waals surface area contributed by atoms with E-state index in [1.807, 2.05) is 6.92 Å². The summed E-state index contributed by atoms with van der Waals surface area (Å²) in [5, 5.41) is 0.616. The van der Waals surface area contributed by atoms with Crippen molar-refractivity contribution in [1.82, 2.24) is 0 Å². The summed E-state index contributed by atoms with van der Waals surface area (Å²) in [5.74, 6) is 0.0465. The minimum atomic E-state index is -0.453. The smallest absolute Gasteiger partial charge is 0.325 e. The Morgan fingerprint density at radius 2 is 2.31 bits per heavy atom. The molecule has 1 rings (SSSR count). The van der Waals surface area contributed by atoms with Crippen molar-refractivity contribution in [3.05, 3.63) is 28.8 Å². The van der Waals surface area contributed by atoms with E-state index in [1.54, 1.807) is 18.2 Å². The van der Waals surface area contributed by atoms with Gasteiger partial charge in [-0.1, -0.05) is 11.6 Å². The molecule has 0 amide bonds. The van der Waals surface area contributed by atoms with E-state index in [1.165, 1.54) is 0 Å². The Hall–Kier alpha value is -1.06. The fourth-order valence-electron chi connectivity index (χ4n) is 0.892. The average Bonchev–Trinajstić information content (AvgIpc) is 2.09. The minimum Gasteiger partial charge on any atom is -0.425 e. The lowest BCUT2D eigenvalue weighted by Crippen LogP contribution is -2.19. The number of ether oxygens (including phenoxy) is 1. The highest BCUT2D eigenvalue weighted by Gasteiger charge is 2.04. The molecule has 0 spiro atoms. The van der Waals surface area contributed by atoms with Gasteiger partial charge in [0.1, 0.15) is 5.75 Å². The van der Waals surface area contributed by atoms with Gasteiger partial charge in [0, 0.05) is 5.02 Å². The molecule has 0 atom stereocenters. The predicted octanol–water partition coefficient (Wildman–Crippen LogP) is 1.51. The fourth-order valence-corrected chi connectivity index (χ4v) is 1.12. The molecule has 3 nitrogen and oxygen atoms in total. The maximum absolute atomic E-state index is 10.8. The molecule has 70 valence electrons. The van der Waals surface area contributed by atoms with Crippen LogP contribution in [0.25, 0.3) is 0 Å². The zero-order valence-electron chi connectivity index (χ0n) is 7.21. The average molecular weight is 200 g/mol. The number of halogens is 1. The lowest BCUT2D eigenvalue weighted by atomic mass is 10.2. The third kappa shape index (κ3) is 2.72. The fraction of sp³-hybridized carbons (Fsp3) is 0.222. The number of esters is 1. The SMILES string of the molecule is Cc1cc(Cl)ccc1OC(=O)CN. The Morgan fingerprint density at radius 1 is 1.62 bits per heavy atom. The van der Waals surface area contributed by atoms with Gasteiger partial charge in [-0.15, -0.1) is 0 Å². The molecule has 0 bridgehead atoms. The van der Waals surface area contributed by atoms with Gasteiger partial charge in [0.05, 0.1) is 6.54 Å². The van der Waals surface area contributed by atoms with E-state index in [0.29, 0.717) is 10.8 Å². The Balaban J connectivity index is 2.83. The number of nitrogens with two attached hydrogens (primary N) is 1. The van der Waals surface area contributed by atoms with E-state index in [9.17, 15) is 4.79 Å². The first kappa shape index (κ1) is 10.0. The molecule has 0 aromatic heterocycles. The zero-order valence-corrected chi connectivity index (χ0v) is 7.97. The van der Waals surface area contributed by atoms with E-state index in [4.69, 9.17) is 22.1 Å². The maximum atomic E-state index is 10.8. The first-order valence-electron chi connectivity index (χ1n) is 3.80. The Kier molecular flexibility index (Phi) is 3.28. The van der Waals surface area contributed by atoms with Crippen molar-refractivity contribution in [1.29, 1.82) is 0 Å². The molecule has 0 aliphatic heterocycles. The molecule has 0 saturated carbocycles. The van der Waals surface area contributed by atoms with Crippen molar-refractivity contribution in [3.8, 4) is 5.75 Å². The summed E-state index contributed by atoms with van der Waals surface area (Å²) < 4.78 is 4.93. The quantitative estimate of drug-likeness (QED) is 0.580. The third-order valence-corrected chi connectivity index (χ3v) is 1.76. The van der Waals surface area contributed by atoms with Gasteiger partial charge in [-0.2, -0.15) is 0 Å². The first-order chi connectivity index (χ1) is 6.13. The van der Waals surface area contributed by atoms with Gasteiger partial charge in [0.2, 0.25) is 0 Å². The molecule has 13 heavy (non-hydrogen) atoms. The number of carbonyl (C=O) groups is 1. The first-order valence-corrected chi connectivity index (χ1v) is 4.18.